The fourth-order valence-electron chi connectivity index (χ4n) is 3.66. The Kier molecular flexibility index (Phi) is 5.79. The highest BCUT2D eigenvalue weighted by molar-refractivity contribution is 7.99. The molecule has 1 aromatic rings. The number of nitro benzene ring substituents is 1. The average Bonchev–Trinajstić information content (AvgIpc) is 3.13. The number of rotatable bonds is 8. The van der Waals surface area contributed by atoms with Crippen molar-refractivity contribution in [2.45, 2.75) is 22.9 Å². The first-order chi connectivity index (χ1) is 12.9. The maximum atomic E-state index is 11.3. The summed E-state index contributed by atoms with van der Waals surface area (Å²) in [5.41, 5.74) is 2.27. The summed E-state index contributed by atoms with van der Waals surface area (Å²) < 4.78 is 17.2. The average molecular weight is 410 g/mol. The van der Waals surface area contributed by atoms with Crippen LogP contribution in [0.3, 0.4) is 0 Å². The Bertz CT molecular complexity index is 835. The molecule has 6 nitrogen and oxygen atoms in total. The fraction of sp³-hybridized carbons (Fsp3) is 0.368. The molecule has 2 unspecified atom stereocenters. The summed E-state index contributed by atoms with van der Waals surface area (Å²) in [6.07, 6.45) is -1.09. The van der Waals surface area contributed by atoms with Crippen LogP contribution < -0.4 is 0 Å². The molecular formula is C19H20ClNO5S. The number of nitrogens with zero attached hydrogens (tertiary/aromatic N) is 1. The molecule has 1 saturated heterocycles. The van der Waals surface area contributed by atoms with Crippen molar-refractivity contribution in [3.63, 3.8) is 0 Å². The molecule has 3 rings (SSSR count). The lowest BCUT2D eigenvalue weighted by molar-refractivity contribution is -0.387. The summed E-state index contributed by atoms with van der Waals surface area (Å²) >= 11 is 7.65. The number of hydrogen-bond acceptors (Lipinski definition) is 6. The van der Waals surface area contributed by atoms with Gasteiger partial charge in [-0.15, -0.1) is 23.4 Å². The largest absolute Gasteiger partial charge is 0.352 e. The number of ether oxygens (including phenoxy) is 3. The molecule has 2 aliphatic heterocycles. The van der Waals surface area contributed by atoms with Gasteiger partial charge in [0.05, 0.1) is 9.82 Å². The van der Waals surface area contributed by atoms with E-state index in [2.05, 4.69) is 13.2 Å². The van der Waals surface area contributed by atoms with Crippen molar-refractivity contribution in [3.05, 3.63) is 69.8 Å². The molecule has 2 atom stereocenters. The van der Waals surface area contributed by atoms with E-state index in [0.29, 0.717) is 16.2 Å². The summed E-state index contributed by atoms with van der Waals surface area (Å²) in [5, 5.41) is 11.3. The summed E-state index contributed by atoms with van der Waals surface area (Å²) in [6, 6.07) is 6.64. The van der Waals surface area contributed by atoms with Crippen molar-refractivity contribution in [1.29, 1.82) is 0 Å². The molecule has 0 spiro atoms. The maximum absolute atomic E-state index is 11.3. The monoisotopic (exact) mass is 409 g/mol. The van der Waals surface area contributed by atoms with Crippen molar-refractivity contribution in [1.82, 2.24) is 0 Å². The third-order valence-corrected chi connectivity index (χ3v) is 6.33. The molecule has 2 heterocycles. The lowest BCUT2D eigenvalue weighted by atomic mass is 9.77. The van der Waals surface area contributed by atoms with Crippen LogP contribution in [0.15, 0.2) is 64.6 Å². The van der Waals surface area contributed by atoms with Gasteiger partial charge in [0, 0.05) is 31.9 Å². The summed E-state index contributed by atoms with van der Waals surface area (Å²) in [5.74, 6) is 0.685. The highest BCUT2D eigenvalue weighted by atomic mass is 35.5. The van der Waals surface area contributed by atoms with E-state index in [0.717, 1.165) is 16.7 Å². The van der Waals surface area contributed by atoms with E-state index < -0.39 is 11.9 Å². The number of alkyl halides is 1. The molecular weight excluding hydrogens is 390 g/mol. The lowest BCUT2D eigenvalue weighted by Gasteiger charge is -2.36. The van der Waals surface area contributed by atoms with Gasteiger partial charge >= 0.3 is 0 Å². The third kappa shape index (κ3) is 3.03. The van der Waals surface area contributed by atoms with Gasteiger partial charge in [-0.3, -0.25) is 10.1 Å². The molecule has 1 aromatic carbocycles. The zero-order chi connectivity index (χ0) is 19.8. The predicted molar refractivity (Wildman–Crippen MR) is 105 cm³/mol. The van der Waals surface area contributed by atoms with Crippen molar-refractivity contribution >= 4 is 29.1 Å². The van der Waals surface area contributed by atoms with E-state index in [1.165, 1.54) is 32.0 Å². The van der Waals surface area contributed by atoms with Gasteiger partial charge in [0.25, 0.3) is 5.69 Å². The van der Waals surface area contributed by atoms with Crippen LogP contribution in [0.4, 0.5) is 5.69 Å². The Balaban J connectivity index is 1.98. The second-order valence-electron chi connectivity index (χ2n) is 6.19. The van der Waals surface area contributed by atoms with Gasteiger partial charge in [0.1, 0.15) is 6.10 Å². The molecule has 0 N–H and O–H groups in total. The quantitative estimate of drug-likeness (QED) is 0.161. The smallest absolute Gasteiger partial charge is 0.282 e. The van der Waals surface area contributed by atoms with Gasteiger partial charge in [0.15, 0.2) is 11.9 Å². The molecule has 27 heavy (non-hydrogen) atoms. The van der Waals surface area contributed by atoms with Crippen LogP contribution in [0.25, 0.3) is 0 Å². The molecule has 0 saturated carbocycles. The van der Waals surface area contributed by atoms with Gasteiger partial charge in [-0.1, -0.05) is 25.3 Å². The number of thioether (sulfide) groups is 1. The summed E-state index contributed by atoms with van der Waals surface area (Å²) in [4.78, 5) is 11.5. The molecule has 2 bridgehead atoms. The standard InChI is InChI=1S/C19H20ClNO5S/c1-11-12(2)19(18(24-3)25-4)14(9-20)13(17(11)26-19)10-27-16-8-6-5-7-15(16)21(22)23/h5-8,17-18H,1-2,9-10H2,3-4H3. The summed E-state index contributed by atoms with van der Waals surface area (Å²) in [7, 11) is 3.06. The van der Waals surface area contributed by atoms with Crippen molar-refractivity contribution in [2.24, 2.45) is 0 Å². The first-order valence-corrected chi connectivity index (χ1v) is 9.70. The molecule has 0 amide bonds. The number of halogens is 1. The fourth-order valence-corrected chi connectivity index (χ4v) is 5.13. The minimum absolute atomic E-state index is 0.0733. The van der Waals surface area contributed by atoms with E-state index >= 15 is 0 Å². The molecule has 0 aliphatic carbocycles. The SMILES string of the molecule is C=C1C(=C)C2(C(OC)OC)OC1C(CSc1ccccc1[N+](=O)[O-])=C2CCl. The van der Waals surface area contributed by atoms with E-state index in [1.54, 1.807) is 18.2 Å². The maximum Gasteiger partial charge on any atom is 0.282 e. The molecule has 0 radical (unpaired) electrons. The van der Waals surface area contributed by atoms with E-state index in [1.807, 2.05) is 0 Å². The Hall–Kier alpha value is -1.64. The molecule has 8 heteroatoms. The van der Waals surface area contributed by atoms with Gasteiger partial charge in [-0.25, -0.2) is 0 Å². The van der Waals surface area contributed by atoms with Crippen molar-refractivity contribution < 1.29 is 19.1 Å². The van der Waals surface area contributed by atoms with E-state index in [-0.39, 0.29) is 22.6 Å². The number of hydrogen-bond donors (Lipinski definition) is 0. The van der Waals surface area contributed by atoms with Gasteiger partial charge in [-0.2, -0.15) is 0 Å². The number of nitro groups is 1. The van der Waals surface area contributed by atoms with Gasteiger partial charge in [-0.05, 0) is 28.4 Å². The molecule has 144 valence electrons. The van der Waals surface area contributed by atoms with Crippen LogP contribution in [-0.2, 0) is 14.2 Å². The van der Waals surface area contributed by atoms with Crippen LogP contribution in [0.2, 0.25) is 0 Å². The second kappa shape index (κ2) is 7.77. The normalized spacial score (nSPS) is 24.4. The minimum atomic E-state index is -1.01. The minimum Gasteiger partial charge on any atom is -0.352 e. The van der Waals surface area contributed by atoms with Gasteiger partial charge in [0.2, 0.25) is 0 Å². The molecule has 2 aliphatic rings. The Morgan fingerprint density at radius 1 is 1.37 bits per heavy atom. The highest BCUT2D eigenvalue weighted by Crippen LogP contribution is 2.56. The first-order valence-electron chi connectivity index (χ1n) is 8.18. The van der Waals surface area contributed by atoms with Crippen LogP contribution >= 0.6 is 23.4 Å². The number of fused-ring (bicyclic) bond motifs is 2. The Labute approximate surface area is 167 Å². The lowest BCUT2D eigenvalue weighted by Crippen LogP contribution is -2.46. The zero-order valence-corrected chi connectivity index (χ0v) is 16.6. The van der Waals surface area contributed by atoms with Gasteiger partial charge < -0.3 is 14.2 Å². The third-order valence-electron chi connectivity index (χ3n) is 4.95. The summed E-state index contributed by atoms with van der Waals surface area (Å²) in [6.45, 7) is 8.22. The zero-order valence-electron chi connectivity index (χ0n) is 15.1. The van der Waals surface area contributed by atoms with Crippen LogP contribution in [0, 0.1) is 10.1 Å². The predicted octanol–water partition coefficient (Wildman–Crippen LogP) is 4.10. The molecule has 0 aromatic heterocycles. The second-order valence-corrected chi connectivity index (χ2v) is 7.48. The topological polar surface area (TPSA) is 70.8 Å². The number of methoxy groups -OCH3 is 2. The van der Waals surface area contributed by atoms with E-state index in [9.17, 15) is 10.1 Å². The first kappa shape index (κ1) is 20.1. The van der Waals surface area contributed by atoms with Crippen LogP contribution in [0.1, 0.15) is 0 Å². The number of benzene rings is 1. The van der Waals surface area contributed by atoms with Crippen LogP contribution in [-0.4, -0.2) is 48.8 Å². The number of para-hydroxylation sites is 1. The van der Waals surface area contributed by atoms with Crippen molar-refractivity contribution in [2.75, 3.05) is 25.9 Å². The molecule has 1 fully saturated rings. The highest BCUT2D eigenvalue weighted by Gasteiger charge is 2.61. The van der Waals surface area contributed by atoms with Crippen LogP contribution in [0.5, 0.6) is 0 Å². The Morgan fingerprint density at radius 3 is 2.63 bits per heavy atom. The van der Waals surface area contributed by atoms with E-state index in [4.69, 9.17) is 25.8 Å². The van der Waals surface area contributed by atoms with Crippen molar-refractivity contribution in [3.8, 4) is 0 Å². The Morgan fingerprint density at radius 2 is 2.04 bits per heavy atom.